The first kappa shape index (κ1) is 18.5. The maximum atomic E-state index is 6.10. The second kappa shape index (κ2) is 8.08. The van der Waals surface area contributed by atoms with Gasteiger partial charge in [0, 0.05) is 19.3 Å². The molecule has 0 aliphatic carbocycles. The second-order valence-electron chi connectivity index (χ2n) is 7.18. The lowest BCUT2D eigenvalue weighted by molar-refractivity contribution is 0.122. The predicted molar refractivity (Wildman–Crippen MR) is 113 cm³/mol. The van der Waals surface area contributed by atoms with Crippen LogP contribution in [0.2, 0.25) is 0 Å². The number of aromatic nitrogens is 5. The van der Waals surface area contributed by atoms with Gasteiger partial charge in [-0.05, 0) is 24.1 Å². The van der Waals surface area contributed by atoms with Crippen LogP contribution >= 0.6 is 0 Å². The Labute approximate surface area is 174 Å². The van der Waals surface area contributed by atoms with Crippen LogP contribution < -0.4 is 9.64 Å². The molecule has 152 valence electrons. The maximum absolute atomic E-state index is 6.10. The minimum atomic E-state index is 0.408. The number of aryl methyl sites for hydroxylation is 1. The Morgan fingerprint density at radius 1 is 1.00 bits per heavy atom. The van der Waals surface area contributed by atoms with Crippen LogP contribution in [0.1, 0.15) is 11.1 Å². The molecule has 0 bridgehead atoms. The molecule has 1 saturated heterocycles. The van der Waals surface area contributed by atoms with E-state index in [2.05, 4.69) is 14.9 Å². The molecular formula is C22H22N6O2. The lowest BCUT2D eigenvalue weighted by atomic mass is 10.2. The van der Waals surface area contributed by atoms with Crippen LogP contribution in [0.4, 0.5) is 5.95 Å². The maximum Gasteiger partial charge on any atom is 0.247 e. The molecule has 1 fully saturated rings. The summed E-state index contributed by atoms with van der Waals surface area (Å²) >= 11 is 0. The van der Waals surface area contributed by atoms with Gasteiger partial charge in [-0.1, -0.05) is 36.4 Å². The summed E-state index contributed by atoms with van der Waals surface area (Å²) in [6.07, 6.45) is 3.55. The lowest BCUT2D eigenvalue weighted by Gasteiger charge is -2.27. The summed E-state index contributed by atoms with van der Waals surface area (Å²) in [4.78, 5) is 20.7. The molecule has 8 heteroatoms. The molecule has 1 aliphatic heterocycles. The van der Waals surface area contributed by atoms with Gasteiger partial charge in [-0.3, -0.25) is 4.57 Å². The van der Waals surface area contributed by atoms with Gasteiger partial charge in [-0.15, -0.1) is 0 Å². The Kier molecular flexibility index (Phi) is 4.98. The zero-order chi connectivity index (χ0) is 20.3. The number of hydrogen-bond acceptors (Lipinski definition) is 7. The Hall–Kier alpha value is -3.52. The van der Waals surface area contributed by atoms with Crippen molar-refractivity contribution in [2.75, 3.05) is 31.2 Å². The van der Waals surface area contributed by atoms with Crippen LogP contribution in [0, 0.1) is 6.92 Å². The molecule has 0 N–H and O–H groups in total. The highest BCUT2D eigenvalue weighted by molar-refractivity contribution is 5.79. The SMILES string of the molecule is Cc1ccc(-n2cnc3c(OCc4ccccc4)nc(N4CCOCC4)nc32)nc1. The molecule has 5 rings (SSSR count). The molecule has 4 aromatic rings. The van der Waals surface area contributed by atoms with Crippen LogP contribution in [0.25, 0.3) is 17.0 Å². The molecular weight excluding hydrogens is 380 g/mol. The highest BCUT2D eigenvalue weighted by Crippen LogP contribution is 2.27. The van der Waals surface area contributed by atoms with Crippen molar-refractivity contribution in [1.29, 1.82) is 0 Å². The second-order valence-corrected chi connectivity index (χ2v) is 7.18. The van der Waals surface area contributed by atoms with E-state index >= 15 is 0 Å². The fourth-order valence-corrected chi connectivity index (χ4v) is 3.36. The predicted octanol–water partition coefficient (Wildman–Crippen LogP) is 2.93. The van der Waals surface area contributed by atoms with Crippen molar-refractivity contribution in [1.82, 2.24) is 24.5 Å². The zero-order valence-electron chi connectivity index (χ0n) is 16.7. The molecule has 30 heavy (non-hydrogen) atoms. The number of anilines is 1. The van der Waals surface area contributed by atoms with E-state index in [9.17, 15) is 0 Å². The minimum Gasteiger partial charge on any atom is -0.471 e. The van der Waals surface area contributed by atoms with Gasteiger partial charge in [0.05, 0.1) is 13.2 Å². The monoisotopic (exact) mass is 402 g/mol. The van der Waals surface area contributed by atoms with E-state index in [1.54, 1.807) is 6.33 Å². The lowest BCUT2D eigenvalue weighted by Crippen LogP contribution is -2.37. The molecule has 0 atom stereocenters. The summed E-state index contributed by atoms with van der Waals surface area (Å²) < 4.78 is 13.4. The van der Waals surface area contributed by atoms with Gasteiger partial charge in [0.1, 0.15) is 18.8 Å². The highest BCUT2D eigenvalue weighted by Gasteiger charge is 2.21. The van der Waals surface area contributed by atoms with Crippen molar-refractivity contribution in [3.05, 3.63) is 66.1 Å². The van der Waals surface area contributed by atoms with Crippen LogP contribution in [-0.2, 0) is 11.3 Å². The van der Waals surface area contributed by atoms with Crippen LogP contribution in [0.5, 0.6) is 5.88 Å². The number of rotatable bonds is 5. The van der Waals surface area contributed by atoms with E-state index in [4.69, 9.17) is 19.4 Å². The highest BCUT2D eigenvalue weighted by atomic mass is 16.5. The van der Waals surface area contributed by atoms with Crippen LogP contribution in [0.3, 0.4) is 0 Å². The minimum absolute atomic E-state index is 0.408. The summed E-state index contributed by atoms with van der Waals surface area (Å²) in [6.45, 7) is 5.20. The summed E-state index contributed by atoms with van der Waals surface area (Å²) in [5.74, 6) is 1.84. The number of nitrogens with zero attached hydrogens (tertiary/aromatic N) is 6. The number of hydrogen-bond donors (Lipinski definition) is 0. The summed E-state index contributed by atoms with van der Waals surface area (Å²) in [6, 6.07) is 14.0. The largest absolute Gasteiger partial charge is 0.471 e. The normalized spacial score (nSPS) is 14.2. The summed E-state index contributed by atoms with van der Waals surface area (Å²) in [7, 11) is 0. The Bertz CT molecular complexity index is 1140. The quantitative estimate of drug-likeness (QED) is 0.508. The smallest absolute Gasteiger partial charge is 0.247 e. The van der Waals surface area contributed by atoms with Gasteiger partial charge in [0.25, 0.3) is 0 Å². The number of ether oxygens (including phenoxy) is 2. The van der Waals surface area contributed by atoms with Gasteiger partial charge >= 0.3 is 0 Å². The van der Waals surface area contributed by atoms with Crippen molar-refractivity contribution in [2.45, 2.75) is 13.5 Å². The topological polar surface area (TPSA) is 78.2 Å². The number of fused-ring (bicyclic) bond motifs is 1. The Morgan fingerprint density at radius 3 is 2.60 bits per heavy atom. The van der Waals surface area contributed by atoms with E-state index in [1.807, 2.05) is 60.2 Å². The van der Waals surface area contributed by atoms with Gasteiger partial charge in [-0.2, -0.15) is 9.97 Å². The Balaban J connectivity index is 1.57. The third kappa shape index (κ3) is 3.69. The van der Waals surface area contributed by atoms with Crippen LogP contribution in [-0.4, -0.2) is 50.8 Å². The van der Waals surface area contributed by atoms with Gasteiger partial charge in [-0.25, -0.2) is 9.97 Å². The summed E-state index contributed by atoms with van der Waals surface area (Å²) in [5.41, 5.74) is 3.45. The van der Waals surface area contributed by atoms with Gasteiger partial charge in [0.2, 0.25) is 11.8 Å². The fourth-order valence-electron chi connectivity index (χ4n) is 3.36. The number of benzene rings is 1. The third-order valence-corrected chi connectivity index (χ3v) is 5.01. The first-order valence-electron chi connectivity index (χ1n) is 9.95. The molecule has 1 aliphatic rings. The number of morpholine rings is 1. The van der Waals surface area contributed by atoms with Crippen molar-refractivity contribution < 1.29 is 9.47 Å². The van der Waals surface area contributed by atoms with Crippen molar-refractivity contribution in [2.24, 2.45) is 0 Å². The number of imidazole rings is 1. The summed E-state index contributed by atoms with van der Waals surface area (Å²) in [5, 5.41) is 0. The van der Waals surface area contributed by atoms with Gasteiger partial charge < -0.3 is 14.4 Å². The molecule has 0 spiro atoms. The first-order valence-corrected chi connectivity index (χ1v) is 9.95. The molecule has 0 amide bonds. The molecule has 1 aromatic carbocycles. The van der Waals surface area contributed by atoms with E-state index in [0.717, 1.165) is 30.0 Å². The molecule has 3 aromatic heterocycles. The zero-order valence-corrected chi connectivity index (χ0v) is 16.7. The van der Waals surface area contributed by atoms with Crippen molar-refractivity contribution in [3.8, 4) is 11.7 Å². The average molecular weight is 402 g/mol. The third-order valence-electron chi connectivity index (χ3n) is 5.01. The standard InChI is InChI=1S/C22H22N6O2/c1-16-7-8-18(23-13-16)28-15-24-19-20(28)25-22(27-9-11-29-12-10-27)26-21(19)30-14-17-5-3-2-4-6-17/h2-8,13,15H,9-12,14H2,1H3. The van der Waals surface area contributed by atoms with Crippen molar-refractivity contribution in [3.63, 3.8) is 0 Å². The van der Waals surface area contributed by atoms with Crippen molar-refractivity contribution >= 4 is 17.1 Å². The molecule has 0 saturated carbocycles. The van der Waals surface area contributed by atoms with E-state index in [-0.39, 0.29) is 0 Å². The van der Waals surface area contributed by atoms with E-state index < -0.39 is 0 Å². The van der Waals surface area contributed by atoms with Gasteiger partial charge in [0.15, 0.2) is 11.2 Å². The number of pyridine rings is 1. The molecule has 4 heterocycles. The molecule has 0 radical (unpaired) electrons. The molecule has 8 nitrogen and oxygen atoms in total. The van der Waals surface area contributed by atoms with E-state index in [1.165, 1.54) is 0 Å². The van der Waals surface area contributed by atoms with E-state index in [0.29, 0.717) is 42.8 Å². The first-order chi connectivity index (χ1) is 14.8. The van der Waals surface area contributed by atoms with Crippen LogP contribution in [0.15, 0.2) is 55.0 Å². The average Bonchev–Trinajstić information content (AvgIpc) is 3.23. The Morgan fingerprint density at radius 2 is 1.83 bits per heavy atom. The fraction of sp³-hybridized carbons (Fsp3) is 0.273. The molecule has 0 unspecified atom stereocenters.